The highest BCUT2D eigenvalue weighted by Crippen LogP contribution is 2.21. The Morgan fingerprint density at radius 2 is 2.09 bits per heavy atom. The molecule has 0 saturated carbocycles. The first-order valence-corrected chi connectivity index (χ1v) is 8.30. The van der Waals surface area contributed by atoms with Gasteiger partial charge in [-0.05, 0) is 12.0 Å². The van der Waals surface area contributed by atoms with Gasteiger partial charge in [0.05, 0.1) is 31.4 Å². The molecule has 3 atom stereocenters. The number of rotatable bonds is 5. The molecule has 2 aliphatic rings. The highest BCUT2D eigenvalue weighted by Gasteiger charge is 2.29. The SMILES string of the molecule is O=C(NCC(c1ccccc1)N1CCOCC1)C1CC(O)CN1. The topological polar surface area (TPSA) is 73.8 Å². The molecule has 1 amide bonds. The van der Waals surface area contributed by atoms with Gasteiger partial charge in [0.2, 0.25) is 5.91 Å². The predicted octanol–water partition coefficient (Wildman–Crippen LogP) is -0.101. The summed E-state index contributed by atoms with van der Waals surface area (Å²) in [5.74, 6) is -0.0317. The van der Waals surface area contributed by atoms with Crippen molar-refractivity contribution < 1.29 is 14.6 Å². The molecule has 0 aromatic heterocycles. The van der Waals surface area contributed by atoms with Gasteiger partial charge >= 0.3 is 0 Å². The van der Waals surface area contributed by atoms with E-state index in [4.69, 9.17) is 4.74 Å². The lowest BCUT2D eigenvalue weighted by Gasteiger charge is -2.35. The summed E-state index contributed by atoms with van der Waals surface area (Å²) in [6, 6.07) is 10.1. The van der Waals surface area contributed by atoms with E-state index in [-0.39, 0.29) is 18.0 Å². The van der Waals surface area contributed by atoms with Crippen LogP contribution in [0.2, 0.25) is 0 Å². The molecular weight excluding hydrogens is 294 g/mol. The normalized spacial score (nSPS) is 26.8. The lowest BCUT2D eigenvalue weighted by molar-refractivity contribution is -0.123. The van der Waals surface area contributed by atoms with Crippen molar-refractivity contribution in [2.45, 2.75) is 24.6 Å². The molecule has 0 radical (unpaired) electrons. The standard InChI is InChI=1S/C17H25N3O3/c21-14-10-15(18-11-14)17(22)19-12-16(13-4-2-1-3-5-13)20-6-8-23-9-7-20/h1-5,14-16,18,21H,6-12H2,(H,19,22). The Bertz CT molecular complexity index is 505. The molecule has 6 heteroatoms. The smallest absolute Gasteiger partial charge is 0.237 e. The average molecular weight is 319 g/mol. The molecular formula is C17H25N3O3. The fourth-order valence-corrected chi connectivity index (χ4v) is 3.26. The number of nitrogens with zero attached hydrogens (tertiary/aromatic N) is 1. The van der Waals surface area contributed by atoms with Crippen LogP contribution in [0, 0.1) is 0 Å². The number of carbonyl (C=O) groups excluding carboxylic acids is 1. The first-order valence-electron chi connectivity index (χ1n) is 8.30. The van der Waals surface area contributed by atoms with Crippen molar-refractivity contribution in [3.63, 3.8) is 0 Å². The minimum absolute atomic E-state index is 0.0317. The number of hydrogen-bond acceptors (Lipinski definition) is 5. The van der Waals surface area contributed by atoms with E-state index in [1.54, 1.807) is 0 Å². The summed E-state index contributed by atoms with van der Waals surface area (Å²) in [6.07, 6.45) is 0.0641. The summed E-state index contributed by atoms with van der Waals surface area (Å²) in [5.41, 5.74) is 1.20. The Morgan fingerprint density at radius 1 is 1.35 bits per heavy atom. The van der Waals surface area contributed by atoms with Gasteiger partial charge < -0.3 is 20.5 Å². The predicted molar refractivity (Wildman–Crippen MR) is 87.0 cm³/mol. The van der Waals surface area contributed by atoms with Gasteiger partial charge in [0, 0.05) is 26.2 Å². The third-order valence-corrected chi connectivity index (χ3v) is 4.56. The number of aliphatic hydroxyl groups is 1. The number of aliphatic hydroxyl groups excluding tert-OH is 1. The van der Waals surface area contributed by atoms with Crippen LogP contribution in [0.3, 0.4) is 0 Å². The lowest BCUT2D eigenvalue weighted by atomic mass is 10.0. The molecule has 1 aromatic rings. The number of nitrogens with one attached hydrogen (secondary N) is 2. The van der Waals surface area contributed by atoms with Crippen molar-refractivity contribution in [3.05, 3.63) is 35.9 Å². The van der Waals surface area contributed by atoms with E-state index >= 15 is 0 Å². The molecule has 2 aliphatic heterocycles. The molecule has 0 bridgehead atoms. The van der Waals surface area contributed by atoms with E-state index in [9.17, 15) is 9.90 Å². The maximum absolute atomic E-state index is 12.3. The maximum Gasteiger partial charge on any atom is 0.237 e. The zero-order chi connectivity index (χ0) is 16.1. The zero-order valence-corrected chi connectivity index (χ0v) is 13.3. The molecule has 1 aromatic carbocycles. The van der Waals surface area contributed by atoms with Crippen molar-refractivity contribution in [1.29, 1.82) is 0 Å². The van der Waals surface area contributed by atoms with Crippen LogP contribution < -0.4 is 10.6 Å². The summed E-state index contributed by atoms with van der Waals surface area (Å²) in [5, 5.41) is 15.6. The molecule has 2 heterocycles. The molecule has 3 rings (SSSR count). The van der Waals surface area contributed by atoms with Gasteiger partial charge in [0.25, 0.3) is 0 Å². The van der Waals surface area contributed by atoms with E-state index < -0.39 is 6.10 Å². The Balaban J connectivity index is 1.62. The van der Waals surface area contributed by atoms with E-state index in [0.717, 1.165) is 26.3 Å². The Kier molecular flexibility index (Phi) is 5.61. The molecule has 0 spiro atoms. The van der Waals surface area contributed by atoms with Gasteiger partial charge in [0.1, 0.15) is 0 Å². The fraction of sp³-hybridized carbons (Fsp3) is 0.588. The number of hydrogen-bond donors (Lipinski definition) is 3. The quantitative estimate of drug-likeness (QED) is 0.707. The number of ether oxygens (including phenoxy) is 1. The Hall–Kier alpha value is -1.47. The van der Waals surface area contributed by atoms with Crippen LogP contribution in [0.1, 0.15) is 18.0 Å². The molecule has 23 heavy (non-hydrogen) atoms. The average Bonchev–Trinajstić information content (AvgIpc) is 3.03. The third kappa shape index (κ3) is 4.29. The van der Waals surface area contributed by atoms with E-state index in [0.29, 0.717) is 19.5 Å². The first-order chi connectivity index (χ1) is 11.2. The van der Waals surface area contributed by atoms with Gasteiger partial charge in [-0.3, -0.25) is 9.69 Å². The monoisotopic (exact) mass is 319 g/mol. The number of benzene rings is 1. The van der Waals surface area contributed by atoms with Gasteiger partial charge in [-0.15, -0.1) is 0 Å². The van der Waals surface area contributed by atoms with Crippen LogP contribution in [0.15, 0.2) is 30.3 Å². The van der Waals surface area contributed by atoms with Crippen molar-refractivity contribution in [1.82, 2.24) is 15.5 Å². The lowest BCUT2D eigenvalue weighted by Crippen LogP contribution is -2.47. The molecule has 2 fully saturated rings. The van der Waals surface area contributed by atoms with Crippen LogP contribution in [-0.4, -0.2) is 67.5 Å². The highest BCUT2D eigenvalue weighted by molar-refractivity contribution is 5.82. The Labute approximate surface area is 136 Å². The van der Waals surface area contributed by atoms with Gasteiger partial charge in [0.15, 0.2) is 0 Å². The van der Waals surface area contributed by atoms with Crippen LogP contribution in [0.25, 0.3) is 0 Å². The molecule has 3 unspecified atom stereocenters. The summed E-state index contributed by atoms with van der Waals surface area (Å²) >= 11 is 0. The minimum Gasteiger partial charge on any atom is -0.392 e. The van der Waals surface area contributed by atoms with Gasteiger partial charge in [-0.25, -0.2) is 0 Å². The van der Waals surface area contributed by atoms with Crippen LogP contribution in [0.4, 0.5) is 0 Å². The van der Waals surface area contributed by atoms with E-state index in [1.807, 2.05) is 18.2 Å². The van der Waals surface area contributed by atoms with Crippen molar-refractivity contribution >= 4 is 5.91 Å². The van der Waals surface area contributed by atoms with Crippen molar-refractivity contribution in [3.8, 4) is 0 Å². The first kappa shape index (κ1) is 16.4. The maximum atomic E-state index is 12.3. The molecule has 0 aliphatic carbocycles. The number of carbonyl (C=O) groups is 1. The summed E-state index contributed by atoms with van der Waals surface area (Å²) < 4.78 is 5.44. The van der Waals surface area contributed by atoms with Crippen LogP contribution in [-0.2, 0) is 9.53 Å². The zero-order valence-electron chi connectivity index (χ0n) is 13.3. The Morgan fingerprint density at radius 3 is 2.74 bits per heavy atom. The molecule has 3 N–H and O–H groups in total. The summed E-state index contributed by atoms with van der Waals surface area (Å²) in [7, 11) is 0. The van der Waals surface area contributed by atoms with Gasteiger partial charge in [-0.2, -0.15) is 0 Å². The van der Waals surface area contributed by atoms with Crippen LogP contribution in [0.5, 0.6) is 0 Å². The molecule has 2 saturated heterocycles. The van der Waals surface area contributed by atoms with Crippen molar-refractivity contribution in [2.75, 3.05) is 39.4 Å². The minimum atomic E-state index is -0.421. The largest absolute Gasteiger partial charge is 0.392 e. The van der Waals surface area contributed by atoms with E-state index in [2.05, 4.69) is 27.7 Å². The number of β-amino-alcohol motifs (C(OH)–C–C–N with tert-alkyl or cyclic N) is 1. The fourth-order valence-electron chi connectivity index (χ4n) is 3.26. The van der Waals surface area contributed by atoms with Gasteiger partial charge in [-0.1, -0.05) is 30.3 Å². The number of amides is 1. The third-order valence-electron chi connectivity index (χ3n) is 4.56. The second-order valence-corrected chi connectivity index (χ2v) is 6.17. The molecule has 126 valence electrons. The number of morpholine rings is 1. The second-order valence-electron chi connectivity index (χ2n) is 6.17. The second kappa shape index (κ2) is 7.88. The van der Waals surface area contributed by atoms with E-state index in [1.165, 1.54) is 5.56 Å². The summed E-state index contributed by atoms with van der Waals surface area (Å²) in [4.78, 5) is 14.6. The molecule has 6 nitrogen and oxygen atoms in total. The highest BCUT2D eigenvalue weighted by atomic mass is 16.5. The van der Waals surface area contributed by atoms with Crippen molar-refractivity contribution in [2.24, 2.45) is 0 Å². The van der Waals surface area contributed by atoms with Crippen LogP contribution >= 0.6 is 0 Å². The summed E-state index contributed by atoms with van der Waals surface area (Å²) in [6.45, 7) is 4.26.